The first-order chi connectivity index (χ1) is 6.61. The summed E-state index contributed by atoms with van der Waals surface area (Å²) in [5.74, 6) is -0.929. The van der Waals surface area contributed by atoms with Gasteiger partial charge in [-0.3, -0.25) is 4.79 Å². The first-order valence-electron chi connectivity index (χ1n) is 4.69. The van der Waals surface area contributed by atoms with Crippen molar-refractivity contribution < 1.29 is 19.4 Å². The molecular formula is C9H17NO4. The molecule has 0 bridgehead atoms. The molecule has 0 radical (unpaired) electrons. The molecule has 0 aliphatic heterocycles. The molecule has 0 heterocycles. The third kappa shape index (κ3) is 5.53. The third-order valence-electron chi connectivity index (χ3n) is 1.77. The molecule has 82 valence electrons. The lowest BCUT2D eigenvalue weighted by Gasteiger charge is -2.19. The number of amides is 1. The Kier molecular flexibility index (Phi) is 6.74. The van der Waals surface area contributed by atoms with Crippen LogP contribution in [0.4, 0.5) is 0 Å². The largest absolute Gasteiger partial charge is 0.480 e. The highest BCUT2D eigenvalue weighted by molar-refractivity contribution is 5.75. The van der Waals surface area contributed by atoms with Gasteiger partial charge in [0.1, 0.15) is 6.61 Å². The zero-order valence-electron chi connectivity index (χ0n) is 8.65. The quantitative estimate of drug-likeness (QED) is 0.606. The zero-order chi connectivity index (χ0) is 11.0. The molecule has 0 aliphatic rings. The molecule has 5 nitrogen and oxygen atoms in total. The highest BCUT2D eigenvalue weighted by atomic mass is 16.5. The number of nitrogens with zero attached hydrogens (tertiary/aromatic N) is 1. The summed E-state index contributed by atoms with van der Waals surface area (Å²) in [6.07, 6.45) is 0.465. The Morgan fingerprint density at radius 3 is 2.43 bits per heavy atom. The second-order valence-electron chi connectivity index (χ2n) is 2.77. The number of carboxylic acids is 1. The van der Waals surface area contributed by atoms with Crippen molar-refractivity contribution in [3.63, 3.8) is 0 Å². The molecular weight excluding hydrogens is 186 g/mol. The van der Waals surface area contributed by atoms with Gasteiger partial charge in [-0.15, -0.1) is 0 Å². The maximum Gasteiger partial charge on any atom is 0.329 e. The van der Waals surface area contributed by atoms with E-state index in [-0.39, 0.29) is 19.1 Å². The van der Waals surface area contributed by atoms with Gasteiger partial charge in [0.25, 0.3) is 0 Å². The van der Waals surface area contributed by atoms with Crippen LogP contribution in [0.5, 0.6) is 0 Å². The molecule has 0 rings (SSSR count). The van der Waals surface area contributed by atoms with Crippen molar-refractivity contribution in [3.05, 3.63) is 0 Å². The molecule has 0 spiro atoms. The number of aliphatic carboxylic acids is 1. The van der Waals surface area contributed by atoms with E-state index < -0.39 is 5.97 Å². The molecule has 0 aromatic carbocycles. The second-order valence-corrected chi connectivity index (χ2v) is 2.77. The van der Waals surface area contributed by atoms with Gasteiger partial charge < -0.3 is 14.7 Å². The first-order valence-corrected chi connectivity index (χ1v) is 4.69. The fourth-order valence-corrected chi connectivity index (χ4v) is 1.02. The van der Waals surface area contributed by atoms with Crippen LogP contribution >= 0.6 is 0 Å². The number of carbonyl (C=O) groups is 2. The predicted octanol–water partition coefficient (Wildman–Crippen LogP) is 0.346. The zero-order valence-corrected chi connectivity index (χ0v) is 8.65. The number of ether oxygens (including phenoxy) is 1. The molecule has 1 N–H and O–H groups in total. The van der Waals surface area contributed by atoms with Crippen LogP contribution in [0.25, 0.3) is 0 Å². The van der Waals surface area contributed by atoms with Crippen LogP contribution in [-0.2, 0) is 14.3 Å². The number of hydrogen-bond donors (Lipinski definition) is 1. The van der Waals surface area contributed by atoms with Crippen LogP contribution in [0.2, 0.25) is 0 Å². The summed E-state index contributed by atoms with van der Waals surface area (Å²) in [6.45, 7) is 4.72. The highest BCUT2D eigenvalue weighted by Gasteiger charge is 2.08. The van der Waals surface area contributed by atoms with Crippen molar-refractivity contribution in [3.8, 4) is 0 Å². The summed E-state index contributed by atoms with van der Waals surface area (Å²) < 4.78 is 4.83. The molecule has 5 heteroatoms. The van der Waals surface area contributed by atoms with Crippen LogP contribution in [0.15, 0.2) is 0 Å². The normalized spacial score (nSPS) is 9.86. The van der Waals surface area contributed by atoms with Crippen molar-refractivity contribution in [2.45, 2.75) is 20.3 Å². The van der Waals surface area contributed by atoms with Crippen LogP contribution in [-0.4, -0.2) is 48.2 Å². The summed E-state index contributed by atoms with van der Waals surface area (Å²) >= 11 is 0. The summed E-state index contributed by atoms with van der Waals surface area (Å²) in [5.41, 5.74) is 0. The van der Waals surface area contributed by atoms with Crippen molar-refractivity contribution >= 4 is 11.9 Å². The molecule has 0 aromatic rings. The van der Waals surface area contributed by atoms with Crippen LogP contribution in [0.3, 0.4) is 0 Å². The molecule has 0 saturated heterocycles. The maximum absolute atomic E-state index is 11.2. The third-order valence-corrected chi connectivity index (χ3v) is 1.77. The van der Waals surface area contributed by atoms with Gasteiger partial charge in [-0.25, -0.2) is 4.79 Å². The first kappa shape index (κ1) is 12.9. The Morgan fingerprint density at radius 2 is 2.00 bits per heavy atom. The Bertz CT molecular complexity index is 193. The standard InChI is InChI=1S/C9H17NO4/c1-3-8(11)10(4-2)5-6-14-7-9(12)13/h3-7H2,1-2H3,(H,12,13). The number of carboxylic acid groups (broad SMARTS) is 1. The van der Waals surface area contributed by atoms with Gasteiger partial charge in [0.05, 0.1) is 6.61 Å². The Balaban J connectivity index is 3.63. The summed E-state index contributed by atoms with van der Waals surface area (Å²) in [4.78, 5) is 23.0. The average Bonchev–Trinajstić information content (AvgIpc) is 2.16. The minimum atomic E-state index is -0.991. The average molecular weight is 203 g/mol. The van der Waals surface area contributed by atoms with E-state index in [4.69, 9.17) is 9.84 Å². The van der Waals surface area contributed by atoms with E-state index in [0.29, 0.717) is 19.5 Å². The Hall–Kier alpha value is -1.10. The van der Waals surface area contributed by atoms with Gasteiger partial charge in [-0.05, 0) is 6.92 Å². The molecule has 0 aliphatic carbocycles. The van der Waals surface area contributed by atoms with Crippen molar-refractivity contribution in [1.29, 1.82) is 0 Å². The monoisotopic (exact) mass is 203 g/mol. The minimum Gasteiger partial charge on any atom is -0.480 e. The van der Waals surface area contributed by atoms with E-state index in [1.807, 2.05) is 6.92 Å². The van der Waals surface area contributed by atoms with E-state index in [2.05, 4.69) is 0 Å². The highest BCUT2D eigenvalue weighted by Crippen LogP contribution is 1.93. The van der Waals surface area contributed by atoms with Gasteiger partial charge in [0.15, 0.2) is 0 Å². The topological polar surface area (TPSA) is 66.8 Å². The number of likely N-dealkylation sites (N-methyl/N-ethyl adjacent to an activating group) is 1. The molecule has 0 unspecified atom stereocenters. The van der Waals surface area contributed by atoms with Crippen LogP contribution in [0.1, 0.15) is 20.3 Å². The fraction of sp³-hybridized carbons (Fsp3) is 0.778. The lowest BCUT2D eigenvalue weighted by Crippen LogP contribution is -2.33. The van der Waals surface area contributed by atoms with Gasteiger partial charge >= 0.3 is 5.97 Å². The Morgan fingerprint density at radius 1 is 1.36 bits per heavy atom. The molecule has 0 saturated carbocycles. The lowest BCUT2D eigenvalue weighted by atomic mass is 10.4. The van der Waals surface area contributed by atoms with E-state index in [1.54, 1.807) is 11.8 Å². The fourth-order valence-electron chi connectivity index (χ4n) is 1.02. The van der Waals surface area contributed by atoms with Crippen molar-refractivity contribution in [1.82, 2.24) is 4.90 Å². The van der Waals surface area contributed by atoms with E-state index in [9.17, 15) is 9.59 Å². The van der Waals surface area contributed by atoms with E-state index in [0.717, 1.165) is 0 Å². The summed E-state index contributed by atoms with van der Waals surface area (Å²) in [7, 11) is 0. The summed E-state index contributed by atoms with van der Waals surface area (Å²) in [5, 5.41) is 8.29. The minimum absolute atomic E-state index is 0.0615. The Labute approximate surface area is 83.6 Å². The molecule has 0 atom stereocenters. The summed E-state index contributed by atoms with van der Waals surface area (Å²) in [6, 6.07) is 0. The SMILES string of the molecule is CCC(=O)N(CC)CCOCC(=O)O. The van der Waals surface area contributed by atoms with Gasteiger partial charge in [-0.1, -0.05) is 6.92 Å². The van der Waals surface area contributed by atoms with Gasteiger partial charge in [0, 0.05) is 19.5 Å². The van der Waals surface area contributed by atoms with Crippen molar-refractivity contribution in [2.75, 3.05) is 26.3 Å². The van der Waals surface area contributed by atoms with Crippen molar-refractivity contribution in [2.24, 2.45) is 0 Å². The smallest absolute Gasteiger partial charge is 0.329 e. The second kappa shape index (κ2) is 7.32. The number of carbonyl (C=O) groups excluding carboxylic acids is 1. The van der Waals surface area contributed by atoms with Crippen LogP contribution in [0, 0.1) is 0 Å². The maximum atomic E-state index is 11.2. The van der Waals surface area contributed by atoms with E-state index >= 15 is 0 Å². The van der Waals surface area contributed by atoms with E-state index in [1.165, 1.54) is 0 Å². The molecule has 1 amide bonds. The molecule has 14 heavy (non-hydrogen) atoms. The number of rotatable bonds is 7. The number of hydrogen-bond acceptors (Lipinski definition) is 3. The predicted molar refractivity (Wildman–Crippen MR) is 51.0 cm³/mol. The lowest BCUT2D eigenvalue weighted by molar-refractivity contribution is -0.142. The van der Waals surface area contributed by atoms with Gasteiger partial charge in [-0.2, -0.15) is 0 Å². The van der Waals surface area contributed by atoms with Crippen LogP contribution < -0.4 is 0 Å². The molecule has 0 fully saturated rings. The molecule has 0 aromatic heterocycles. The van der Waals surface area contributed by atoms with Gasteiger partial charge in [0.2, 0.25) is 5.91 Å².